The first-order valence-electron chi connectivity index (χ1n) is 4.23. The molecule has 0 aliphatic rings. The fourth-order valence-electron chi connectivity index (χ4n) is 0.792. The zero-order valence-corrected chi connectivity index (χ0v) is 8.23. The highest BCUT2D eigenvalue weighted by Gasteiger charge is 2.06. The Bertz CT molecular complexity index is 127. The quantitative estimate of drug-likeness (QED) is 0.620. The van der Waals surface area contributed by atoms with Gasteiger partial charge in [-0.15, -0.1) is 0 Å². The third-order valence-electron chi connectivity index (χ3n) is 1.49. The van der Waals surface area contributed by atoms with Crippen LogP contribution < -0.4 is 0 Å². The van der Waals surface area contributed by atoms with Gasteiger partial charge >= 0.3 is 5.97 Å². The number of hydrogen-bond donors (Lipinski definition) is 1. The average molecular weight is 192 g/mol. The van der Waals surface area contributed by atoms with E-state index in [4.69, 9.17) is 5.11 Å². The first-order chi connectivity index (χ1) is 5.66. The van der Waals surface area contributed by atoms with Gasteiger partial charge in [-0.05, 0) is 6.42 Å². The van der Waals surface area contributed by atoms with E-state index in [-0.39, 0.29) is 6.42 Å². The Morgan fingerprint density at radius 1 is 1.42 bits per heavy atom. The van der Waals surface area contributed by atoms with Crippen molar-refractivity contribution in [1.29, 1.82) is 0 Å². The van der Waals surface area contributed by atoms with Crippen LogP contribution in [0.2, 0.25) is 0 Å². The van der Waals surface area contributed by atoms with Crippen LogP contribution in [0.5, 0.6) is 0 Å². The van der Waals surface area contributed by atoms with E-state index < -0.39 is 17.1 Å². The molecule has 0 amide bonds. The molecular weight excluding hydrogens is 176 g/mol. The molecule has 0 fully saturated rings. The maximum atomic E-state index is 11.1. The Morgan fingerprint density at radius 2 is 2.00 bits per heavy atom. The lowest BCUT2D eigenvalue weighted by Crippen LogP contribution is -2.12. The van der Waals surface area contributed by atoms with Gasteiger partial charge < -0.3 is 9.66 Å². The number of unbranched alkanes of at least 4 members (excludes halogenated alkanes) is 1. The van der Waals surface area contributed by atoms with Crippen molar-refractivity contribution in [3.63, 3.8) is 0 Å². The van der Waals surface area contributed by atoms with Gasteiger partial charge in [0.15, 0.2) is 0 Å². The summed E-state index contributed by atoms with van der Waals surface area (Å²) in [6.45, 7) is 2.05. The summed E-state index contributed by atoms with van der Waals surface area (Å²) < 4.78 is 11.1. The molecule has 12 heavy (non-hydrogen) atoms. The minimum atomic E-state index is -0.803. The first-order valence-corrected chi connectivity index (χ1v) is 5.72. The second-order valence-corrected chi connectivity index (χ2v) is 4.40. The summed E-state index contributed by atoms with van der Waals surface area (Å²) in [7, 11) is 0. The summed E-state index contributed by atoms with van der Waals surface area (Å²) in [4.78, 5) is 10.1. The Hall–Kier alpha value is -0.220. The predicted octanol–water partition coefficient (Wildman–Crippen LogP) is 1.40. The molecule has 0 rings (SSSR count). The summed E-state index contributed by atoms with van der Waals surface area (Å²) in [5, 5.41) is 8.30. The highest BCUT2D eigenvalue weighted by molar-refractivity contribution is 7.91. The summed E-state index contributed by atoms with van der Waals surface area (Å²) in [6.07, 6.45) is 2.69. The van der Waals surface area contributed by atoms with Crippen LogP contribution in [0.1, 0.15) is 32.6 Å². The van der Waals surface area contributed by atoms with Crippen LogP contribution in [-0.4, -0.2) is 27.1 Å². The lowest BCUT2D eigenvalue weighted by molar-refractivity contribution is -0.137. The molecule has 0 aliphatic carbocycles. The van der Waals surface area contributed by atoms with Gasteiger partial charge in [0.2, 0.25) is 0 Å². The molecule has 0 aromatic rings. The lowest BCUT2D eigenvalue weighted by Gasteiger charge is -2.08. The number of aliphatic carboxylic acids is 1. The molecule has 0 bridgehead atoms. The molecule has 0 heterocycles. The monoisotopic (exact) mass is 192 g/mol. The van der Waals surface area contributed by atoms with E-state index in [1.165, 1.54) is 0 Å². The summed E-state index contributed by atoms with van der Waals surface area (Å²) in [5.74, 6) is 0.449. The van der Waals surface area contributed by atoms with Crippen molar-refractivity contribution >= 4 is 17.1 Å². The molecule has 0 spiro atoms. The van der Waals surface area contributed by atoms with E-state index >= 15 is 0 Å². The Morgan fingerprint density at radius 3 is 2.50 bits per heavy atom. The fraction of sp³-hybridized carbons (Fsp3) is 0.875. The molecule has 0 saturated carbocycles. The second-order valence-electron chi connectivity index (χ2n) is 2.70. The number of carboxylic acid groups (broad SMARTS) is 1. The van der Waals surface area contributed by atoms with E-state index in [1.807, 2.05) is 0 Å². The van der Waals surface area contributed by atoms with Gasteiger partial charge in [-0.3, -0.25) is 4.79 Å². The normalized spacial score (nSPS) is 12.8. The van der Waals surface area contributed by atoms with Crippen molar-refractivity contribution < 1.29 is 14.5 Å². The maximum Gasteiger partial charge on any atom is 0.303 e. The molecule has 0 aromatic carbocycles. The zero-order valence-electron chi connectivity index (χ0n) is 7.41. The summed E-state index contributed by atoms with van der Waals surface area (Å²) in [5.41, 5.74) is 0. The molecule has 1 atom stereocenters. The van der Waals surface area contributed by atoms with Gasteiger partial charge in [-0.25, -0.2) is 0 Å². The fourth-order valence-corrected chi connectivity index (χ4v) is 2.07. The van der Waals surface area contributed by atoms with Gasteiger partial charge in [0, 0.05) is 12.8 Å². The van der Waals surface area contributed by atoms with Gasteiger partial charge in [0.05, 0.1) is 0 Å². The summed E-state index contributed by atoms with van der Waals surface area (Å²) >= 11 is -0.800. The van der Waals surface area contributed by atoms with Crippen LogP contribution in [0.25, 0.3) is 0 Å². The van der Waals surface area contributed by atoms with Crippen molar-refractivity contribution in [3.8, 4) is 0 Å². The standard InChI is InChI=1S/C8H16O3S/c1-2-3-6-12(11)7-4-5-8(9)10/h2-7H2,1H3,(H,9,10). The minimum absolute atomic E-state index is 0.137. The maximum absolute atomic E-state index is 11.1. The summed E-state index contributed by atoms with van der Waals surface area (Å²) in [6, 6.07) is 0. The van der Waals surface area contributed by atoms with Crippen molar-refractivity contribution in [1.82, 2.24) is 0 Å². The SMILES string of the molecule is CCCC[S+]([O-])CCCC(=O)O. The van der Waals surface area contributed by atoms with Crippen molar-refractivity contribution in [2.24, 2.45) is 0 Å². The number of carboxylic acids is 1. The molecule has 0 radical (unpaired) electrons. The van der Waals surface area contributed by atoms with Crippen LogP contribution in [0.4, 0.5) is 0 Å². The van der Waals surface area contributed by atoms with Crippen LogP contribution in [0, 0.1) is 0 Å². The van der Waals surface area contributed by atoms with Crippen molar-refractivity contribution in [2.45, 2.75) is 32.6 Å². The highest BCUT2D eigenvalue weighted by atomic mass is 32.2. The minimum Gasteiger partial charge on any atom is -0.616 e. The van der Waals surface area contributed by atoms with Crippen molar-refractivity contribution in [2.75, 3.05) is 11.5 Å². The second kappa shape index (κ2) is 7.43. The highest BCUT2D eigenvalue weighted by Crippen LogP contribution is 2.01. The van der Waals surface area contributed by atoms with Crippen LogP contribution in [-0.2, 0) is 16.0 Å². The Kier molecular flexibility index (Phi) is 7.29. The van der Waals surface area contributed by atoms with Gasteiger partial charge in [-0.2, -0.15) is 0 Å². The van der Waals surface area contributed by atoms with Crippen LogP contribution in [0.3, 0.4) is 0 Å². The smallest absolute Gasteiger partial charge is 0.303 e. The number of carbonyl (C=O) groups is 1. The zero-order chi connectivity index (χ0) is 9.40. The molecule has 0 saturated heterocycles. The third-order valence-corrected chi connectivity index (χ3v) is 2.98. The Labute approximate surface area is 76.3 Å². The first kappa shape index (κ1) is 11.8. The number of rotatable bonds is 7. The van der Waals surface area contributed by atoms with Crippen molar-refractivity contribution in [3.05, 3.63) is 0 Å². The average Bonchev–Trinajstić information content (AvgIpc) is 2.00. The number of hydrogen-bond acceptors (Lipinski definition) is 2. The van der Waals surface area contributed by atoms with Gasteiger partial charge in [-0.1, -0.05) is 24.5 Å². The van der Waals surface area contributed by atoms with E-state index in [9.17, 15) is 9.35 Å². The lowest BCUT2D eigenvalue weighted by atomic mass is 10.3. The topological polar surface area (TPSA) is 60.4 Å². The van der Waals surface area contributed by atoms with E-state index in [1.54, 1.807) is 0 Å². The molecule has 1 unspecified atom stereocenters. The molecular formula is C8H16O3S. The molecule has 4 heteroatoms. The predicted molar refractivity (Wildman–Crippen MR) is 49.7 cm³/mol. The van der Waals surface area contributed by atoms with Gasteiger partial charge in [0.25, 0.3) is 0 Å². The van der Waals surface area contributed by atoms with E-state index in [0.717, 1.165) is 18.6 Å². The molecule has 0 aromatic heterocycles. The largest absolute Gasteiger partial charge is 0.616 e. The molecule has 72 valence electrons. The Balaban J connectivity index is 3.19. The third kappa shape index (κ3) is 7.88. The molecule has 1 N–H and O–H groups in total. The van der Waals surface area contributed by atoms with Gasteiger partial charge in [0.1, 0.15) is 11.5 Å². The molecule has 0 aliphatic heterocycles. The van der Waals surface area contributed by atoms with E-state index in [2.05, 4.69) is 6.92 Å². The van der Waals surface area contributed by atoms with E-state index in [0.29, 0.717) is 12.2 Å². The van der Waals surface area contributed by atoms with Crippen LogP contribution >= 0.6 is 0 Å². The van der Waals surface area contributed by atoms with Crippen LogP contribution in [0.15, 0.2) is 0 Å². The molecule has 3 nitrogen and oxygen atoms in total.